The Hall–Kier alpha value is -1.26. The molecule has 0 aromatic heterocycles. The Morgan fingerprint density at radius 1 is 1.15 bits per heavy atom. The lowest BCUT2D eigenvalue weighted by Crippen LogP contribution is -2.42. The normalized spacial score (nSPS) is 18.6. The summed E-state index contributed by atoms with van der Waals surface area (Å²) in [7, 11) is 0. The Morgan fingerprint density at radius 3 is 2.35 bits per heavy atom. The van der Waals surface area contributed by atoms with Gasteiger partial charge < -0.3 is 15.7 Å². The van der Waals surface area contributed by atoms with Crippen molar-refractivity contribution in [2.75, 3.05) is 6.54 Å². The average molecular weight is 284 g/mol. The highest BCUT2D eigenvalue weighted by atomic mass is 16.4. The predicted octanol–water partition coefficient (Wildman–Crippen LogP) is 2.90. The van der Waals surface area contributed by atoms with Crippen LogP contribution in [0.1, 0.15) is 64.7 Å². The summed E-state index contributed by atoms with van der Waals surface area (Å²) >= 11 is 0. The topological polar surface area (TPSA) is 78.4 Å². The summed E-state index contributed by atoms with van der Waals surface area (Å²) in [6, 6.07) is 0.187. The number of amides is 2. The Labute approximate surface area is 121 Å². The molecule has 1 atom stereocenters. The van der Waals surface area contributed by atoms with Crippen LogP contribution in [0.2, 0.25) is 0 Å². The van der Waals surface area contributed by atoms with E-state index in [0.717, 1.165) is 12.8 Å². The fourth-order valence-electron chi connectivity index (χ4n) is 2.57. The maximum atomic E-state index is 11.7. The summed E-state index contributed by atoms with van der Waals surface area (Å²) in [5, 5.41) is 14.6. The van der Waals surface area contributed by atoms with Gasteiger partial charge in [0.15, 0.2) is 0 Å². The zero-order chi connectivity index (χ0) is 14.8. The smallest absolute Gasteiger partial charge is 0.315 e. The number of urea groups is 1. The molecule has 0 aliphatic heterocycles. The van der Waals surface area contributed by atoms with Crippen molar-refractivity contribution in [1.29, 1.82) is 0 Å². The summed E-state index contributed by atoms with van der Waals surface area (Å²) in [6.07, 6.45) is 9.69. The minimum atomic E-state index is -0.774. The quantitative estimate of drug-likeness (QED) is 0.656. The molecule has 0 radical (unpaired) electrons. The Bertz CT molecular complexity index is 299. The van der Waals surface area contributed by atoms with Gasteiger partial charge in [0, 0.05) is 12.6 Å². The lowest BCUT2D eigenvalue weighted by Gasteiger charge is -2.21. The van der Waals surface area contributed by atoms with Crippen molar-refractivity contribution in [1.82, 2.24) is 10.6 Å². The van der Waals surface area contributed by atoms with Crippen LogP contribution in [-0.2, 0) is 4.79 Å². The molecule has 20 heavy (non-hydrogen) atoms. The van der Waals surface area contributed by atoms with Crippen LogP contribution >= 0.6 is 0 Å². The Morgan fingerprint density at radius 2 is 1.75 bits per heavy atom. The van der Waals surface area contributed by atoms with Gasteiger partial charge in [-0.05, 0) is 25.7 Å². The van der Waals surface area contributed by atoms with E-state index in [2.05, 4.69) is 10.6 Å². The Balaban J connectivity index is 2.11. The second-order valence-corrected chi connectivity index (χ2v) is 5.82. The molecule has 1 unspecified atom stereocenters. The van der Waals surface area contributed by atoms with Crippen LogP contribution in [0.15, 0.2) is 0 Å². The van der Waals surface area contributed by atoms with Gasteiger partial charge in [0.1, 0.15) is 0 Å². The fraction of sp³-hybridized carbons (Fsp3) is 0.867. The SMILES string of the molecule is CC(CCCNC(=O)NC1CCCCCCC1)C(=O)O. The van der Waals surface area contributed by atoms with Crippen LogP contribution in [0.4, 0.5) is 4.79 Å². The lowest BCUT2D eigenvalue weighted by atomic mass is 9.97. The van der Waals surface area contributed by atoms with Gasteiger partial charge >= 0.3 is 12.0 Å². The molecule has 1 fully saturated rings. The third-order valence-electron chi connectivity index (χ3n) is 3.96. The van der Waals surface area contributed by atoms with Gasteiger partial charge in [-0.3, -0.25) is 4.79 Å². The Kier molecular flexibility index (Phi) is 8.07. The van der Waals surface area contributed by atoms with Gasteiger partial charge in [-0.25, -0.2) is 4.79 Å². The van der Waals surface area contributed by atoms with Crippen molar-refractivity contribution in [2.24, 2.45) is 5.92 Å². The summed E-state index contributed by atoms with van der Waals surface area (Å²) in [5.41, 5.74) is 0. The van der Waals surface area contributed by atoms with Crippen LogP contribution in [-0.4, -0.2) is 29.7 Å². The van der Waals surface area contributed by atoms with E-state index in [0.29, 0.717) is 25.4 Å². The first-order valence-corrected chi connectivity index (χ1v) is 7.86. The van der Waals surface area contributed by atoms with Crippen molar-refractivity contribution in [3.05, 3.63) is 0 Å². The summed E-state index contributed by atoms with van der Waals surface area (Å²) in [5.74, 6) is -1.12. The standard InChI is InChI=1S/C15H28N2O3/c1-12(14(18)19)8-7-11-16-15(20)17-13-9-5-3-2-4-6-10-13/h12-13H,2-11H2,1H3,(H,18,19)(H2,16,17,20). The maximum absolute atomic E-state index is 11.7. The van der Waals surface area contributed by atoms with Crippen LogP contribution in [0.5, 0.6) is 0 Å². The minimum absolute atomic E-state index is 0.112. The highest BCUT2D eigenvalue weighted by molar-refractivity contribution is 5.74. The first-order valence-electron chi connectivity index (χ1n) is 7.86. The van der Waals surface area contributed by atoms with Gasteiger partial charge in [0.25, 0.3) is 0 Å². The highest BCUT2D eigenvalue weighted by Crippen LogP contribution is 2.16. The number of carboxylic acids is 1. The molecular formula is C15H28N2O3. The zero-order valence-corrected chi connectivity index (χ0v) is 12.5. The molecule has 0 spiro atoms. The van der Waals surface area contributed by atoms with Gasteiger partial charge in [0.2, 0.25) is 0 Å². The maximum Gasteiger partial charge on any atom is 0.315 e. The zero-order valence-electron chi connectivity index (χ0n) is 12.5. The molecule has 0 saturated heterocycles. The molecule has 1 aliphatic carbocycles. The number of carbonyl (C=O) groups is 2. The van der Waals surface area contributed by atoms with Crippen molar-refractivity contribution in [2.45, 2.75) is 70.8 Å². The summed E-state index contributed by atoms with van der Waals surface area (Å²) in [6.45, 7) is 2.23. The van der Waals surface area contributed by atoms with Crippen LogP contribution in [0.3, 0.4) is 0 Å². The second kappa shape index (κ2) is 9.61. The predicted molar refractivity (Wildman–Crippen MR) is 78.7 cm³/mol. The largest absolute Gasteiger partial charge is 0.481 e. The molecule has 0 aromatic carbocycles. The van der Waals surface area contributed by atoms with E-state index < -0.39 is 5.97 Å². The van der Waals surface area contributed by atoms with Gasteiger partial charge in [-0.2, -0.15) is 0 Å². The summed E-state index contributed by atoms with van der Waals surface area (Å²) in [4.78, 5) is 22.4. The molecule has 116 valence electrons. The monoisotopic (exact) mass is 284 g/mol. The molecule has 0 bridgehead atoms. The second-order valence-electron chi connectivity index (χ2n) is 5.82. The van der Waals surface area contributed by atoms with E-state index in [4.69, 9.17) is 5.11 Å². The van der Waals surface area contributed by atoms with E-state index in [9.17, 15) is 9.59 Å². The highest BCUT2D eigenvalue weighted by Gasteiger charge is 2.14. The van der Waals surface area contributed by atoms with Gasteiger partial charge in [0.05, 0.1) is 5.92 Å². The van der Waals surface area contributed by atoms with E-state index in [1.54, 1.807) is 6.92 Å². The molecule has 5 nitrogen and oxygen atoms in total. The lowest BCUT2D eigenvalue weighted by molar-refractivity contribution is -0.141. The molecule has 3 N–H and O–H groups in total. The molecule has 0 aromatic rings. The molecule has 0 heterocycles. The fourth-order valence-corrected chi connectivity index (χ4v) is 2.57. The molecule has 1 saturated carbocycles. The van der Waals surface area contributed by atoms with Crippen molar-refractivity contribution >= 4 is 12.0 Å². The first kappa shape index (κ1) is 16.8. The number of nitrogens with one attached hydrogen (secondary N) is 2. The number of aliphatic carboxylic acids is 1. The van der Waals surface area contributed by atoms with Crippen molar-refractivity contribution in [3.8, 4) is 0 Å². The van der Waals surface area contributed by atoms with Gasteiger partial charge in [-0.1, -0.05) is 39.0 Å². The number of carbonyl (C=O) groups excluding carboxylic acids is 1. The van der Waals surface area contributed by atoms with E-state index in [1.807, 2.05) is 0 Å². The number of hydrogen-bond acceptors (Lipinski definition) is 2. The van der Waals surface area contributed by atoms with Crippen LogP contribution < -0.4 is 10.6 Å². The third-order valence-corrected chi connectivity index (χ3v) is 3.96. The summed E-state index contributed by atoms with van der Waals surface area (Å²) < 4.78 is 0. The van der Waals surface area contributed by atoms with Crippen LogP contribution in [0.25, 0.3) is 0 Å². The molecule has 1 rings (SSSR count). The molecule has 1 aliphatic rings. The van der Waals surface area contributed by atoms with E-state index in [1.165, 1.54) is 32.1 Å². The number of carboxylic acid groups (broad SMARTS) is 1. The average Bonchev–Trinajstić information content (AvgIpc) is 2.37. The molecule has 2 amide bonds. The van der Waals surface area contributed by atoms with Crippen molar-refractivity contribution < 1.29 is 14.7 Å². The van der Waals surface area contributed by atoms with Crippen molar-refractivity contribution in [3.63, 3.8) is 0 Å². The first-order chi connectivity index (χ1) is 9.59. The number of rotatable bonds is 6. The van der Waals surface area contributed by atoms with Gasteiger partial charge in [-0.15, -0.1) is 0 Å². The van der Waals surface area contributed by atoms with Crippen LogP contribution in [0, 0.1) is 5.92 Å². The number of hydrogen-bond donors (Lipinski definition) is 3. The third kappa shape index (κ3) is 7.36. The molecule has 5 heteroatoms. The van der Waals surface area contributed by atoms with E-state index in [-0.39, 0.29) is 11.9 Å². The minimum Gasteiger partial charge on any atom is -0.481 e. The van der Waals surface area contributed by atoms with E-state index >= 15 is 0 Å². The molecular weight excluding hydrogens is 256 g/mol.